The van der Waals surface area contributed by atoms with Gasteiger partial charge in [0, 0.05) is 19.3 Å². The molecule has 1 aliphatic heterocycles. The van der Waals surface area contributed by atoms with Gasteiger partial charge in [-0.25, -0.2) is 4.79 Å². The molecule has 1 heterocycles. The third kappa shape index (κ3) is 4.12. The number of amides is 2. The van der Waals surface area contributed by atoms with E-state index in [-0.39, 0.29) is 6.03 Å². The average molecular weight is 298 g/mol. The molecule has 0 unspecified atom stereocenters. The maximum absolute atomic E-state index is 12.2. The number of rotatable bonds is 4. The Labute approximate surface area is 133 Å². The van der Waals surface area contributed by atoms with Gasteiger partial charge in [-0.1, -0.05) is 35.9 Å². The first-order chi connectivity index (χ1) is 10.7. The molecule has 1 saturated carbocycles. The van der Waals surface area contributed by atoms with Crippen LogP contribution in [0.1, 0.15) is 38.2 Å². The number of hydrogen-bond donors (Lipinski definition) is 1. The molecule has 0 bridgehead atoms. The molecule has 22 heavy (non-hydrogen) atoms. The molecule has 1 aromatic rings. The van der Waals surface area contributed by atoms with Gasteiger partial charge in [-0.2, -0.15) is 0 Å². The van der Waals surface area contributed by atoms with Crippen molar-refractivity contribution in [1.29, 1.82) is 0 Å². The van der Waals surface area contributed by atoms with Gasteiger partial charge in [0.05, 0.1) is 0 Å². The molecule has 1 aliphatic carbocycles. The van der Waals surface area contributed by atoms with Crippen LogP contribution >= 0.6 is 0 Å². The number of urea groups is 1. The molecule has 0 atom stereocenters. The van der Waals surface area contributed by atoms with Crippen molar-refractivity contribution >= 4 is 6.03 Å². The molecule has 3 nitrogen and oxygen atoms in total. The Bertz CT molecular complexity index is 526. The van der Waals surface area contributed by atoms with Gasteiger partial charge in [0.1, 0.15) is 0 Å². The van der Waals surface area contributed by atoms with E-state index in [1.165, 1.54) is 24.0 Å². The minimum Gasteiger partial charge on any atom is -0.325 e. The summed E-state index contributed by atoms with van der Waals surface area (Å²) >= 11 is 0. The van der Waals surface area contributed by atoms with Gasteiger partial charge in [0.25, 0.3) is 0 Å². The van der Waals surface area contributed by atoms with E-state index in [0.717, 1.165) is 38.3 Å². The van der Waals surface area contributed by atoms with Gasteiger partial charge in [0.2, 0.25) is 0 Å². The average Bonchev–Trinajstić information content (AvgIpc) is 3.39. The summed E-state index contributed by atoms with van der Waals surface area (Å²) in [6.45, 7) is 3.86. The van der Waals surface area contributed by atoms with Gasteiger partial charge in [-0.3, -0.25) is 0 Å². The number of piperidine rings is 1. The fourth-order valence-corrected chi connectivity index (χ4v) is 3.21. The molecule has 2 amide bonds. The highest BCUT2D eigenvalue weighted by atomic mass is 16.2. The lowest BCUT2D eigenvalue weighted by atomic mass is 9.90. The monoisotopic (exact) mass is 298 g/mol. The zero-order valence-corrected chi connectivity index (χ0v) is 13.4. The van der Waals surface area contributed by atoms with E-state index in [1.54, 1.807) is 0 Å². The molecule has 0 aromatic heterocycles. The normalized spacial score (nSPS) is 20.0. The summed E-state index contributed by atoms with van der Waals surface area (Å²) in [7, 11) is 0. The fourth-order valence-electron chi connectivity index (χ4n) is 3.21. The number of hydrogen-bond acceptors (Lipinski definition) is 1. The van der Waals surface area contributed by atoms with Crippen molar-refractivity contribution in [3.05, 3.63) is 47.7 Å². The molecule has 1 saturated heterocycles. The highest BCUT2D eigenvalue weighted by molar-refractivity contribution is 5.75. The smallest absolute Gasteiger partial charge is 0.321 e. The third-order valence-corrected chi connectivity index (χ3v) is 4.91. The number of benzene rings is 1. The van der Waals surface area contributed by atoms with Crippen LogP contribution in [-0.4, -0.2) is 24.0 Å². The van der Waals surface area contributed by atoms with Crippen molar-refractivity contribution in [3.63, 3.8) is 0 Å². The van der Waals surface area contributed by atoms with E-state index in [0.29, 0.717) is 5.92 Å². The summed E-state index contributed by atoms with van der Waals surface area (Å²) in [5.74, 6) is 1.42. The fraction of sp³-hybridized carbons (Fsp3) is 0.526. The van der Waals surface area contributed by atoms with Crippen LogP contribution in [0, 0.1) is 11.8 Å². The van der Waals surface area contributed by atoms with Gasteiger partial charge in [-0.15, -0.1) is 0 Å². The summed E-state index contributed by atoms with van der Waals surface area (Å²) in [5.41, 5.74) is 2.72. The Balaban J connectivity index is 1.43. The molecule has 1 aromatic carbocycles. The highest BCUT2D eigenvalue weighted by Crippen LogP contribution is 2.35. The maximum atomic E-state index is 12.2. The molecular formula is C19H26N2O. The summed E-state index contributed by atoms with van der Waals surface area (Å²) in [4.78, 5) is 14.1. The molecule has 2 aliphatic rings. The van der Waals surface area contributed by atoms with Crippen LogP contribution in [0.4, 0.5) is 4.79 Å². The Morgan fingerprint density at radius 3 is 2.50 bits per heavy atom. The Morgan fingerprint density at radius 2 is 1.86 bits per heavy atom. The second-order valence-corrected chi connectivity index (χ2v) is 6.73. The van der Waals surface area contributed by atoms with Crippen LogP contribution in [0.2, 0.25) is 0 Å². The first-order valence-corrected chi connectivity index (χ1v) is 8.48. The minimum absolute atomic E-state index is 0.0677. The van der Waals surface area contributed by atoms with Gasteiger partial charge < -0.3 is 10.2 Å². The first-order valence-electron chi connectivity index (χ1n) is 8.48. The lowest BCUT2D eigenvalue weighted by Crippen LogP contribution is -2.43. The van der Waals surface area contributed by atoms with Crippen LogP contribution in [0.15, 0.2) is 42.1 Å². The van der Waals surface area contributed by atoms with E-state index in [1.807, 2.05) is 11.1 Å². The SMILES string of the molecule is C/C(=C\NC(=O)N1CCC(Cc2ccccc2)CC1)C1CC1. The quantitative estimate of drug-likeness (QED) is 0.896. The van der Waals surface area contributed by atoms with Crippen molar-refractivity contribution in [3.8, 4) is 0 Å². The molecule has 1 N–H and O–H groups in total. The Kier molecular flexibility index (Phi) is 4.81. The molecule has 3 rings (SSSR count). The van der Waals surface area contributed by atoms with Crippen molar-refractivity contribution < 1.29 is 4.79 Å². The summed E-state index contributed by atoms with van der Waals surface area (Å²) in [6.07, 6.45) is 7.82. The summed E-state index contributed by atoms with van der Waals surface area (Å²) in [6, 6.07) is 10.7. The molecule has 0 spiro atoms. The van der Waals surface area contributed by atoms with E-state index in [4.69, 9.17) is 0 Å². The standard InChI is InChI=1S/C19H26N2O/c1-15(18-7-8-18)14-20-19(22)21-11-9-17(10-12-21)13-16-5-3-2-4-6-16/h2-6,14,17-18H,7-13H2,1H3,(H,20,22)/b15-14+. The van der Waals surface area contributed by atoms with Gasteiger partial charge in [-0.05, 0) is 56.4 Å². The van der Waals surface area contributed by atoms with Gasteiger partial charge >= 0.3 is 6.03 Å². The van der Waals surface area contributed by atoms with Crippen LogP contribution in [0.25, 0.3) is 0 Å². The van der Waals surface area contributed by atoms with Crippen molar-refractivity contribution in [2.75, 3.05) is 13.1 Å². The lowest BCUT2D eigenvalue weighted by Gasteiger charge is -2.31. The number of likely N-dealkylation sites (tertiary alicyclic amines) is 1. The topological polar surface area (TPSA) is 32.3 Å². The summed E-state index contributed by atoms with van der Waals surface area (Å²) in [5, 5.41) is 2.96. The van der Waals surface area contributed by atoms with E-state index < -0.39 is 0 Å². The largest absolute Gasteiger partial charge is 0.325 e. The summed E-state index contributed by atoms with van der Waals surface area (Å²) < 4.78 is 0. The van der Waals surface area contributed by atoms with Crippen molar-refractivity contribution in [2.24, 2.45) is 11.8 Å². The second kappa shape index (κ2) is 6.99. The van der Waals surface area contributed by atoms with E-state index in [9.17, 15) is 4.79 Å². The van der Waals surface area contributed by atoms with Gasteiger partial charge in [0.15, 0.2) is 0 Å². The minimum atomic E-state index is 0.0677. The predicted molar refractivity (Wildman–Crippen MR) is 89.5 cm³/mol. The first kappa shape index (κ1) is 15.1. The molecular weight excluding hydrogens is 272 g/mol. The number of nitrogens with zero attached hydrogens (tertiary/aromatic N) is 1. The number of carbonyl (C=O) groups is 1. The highest BCUT2D eigenvalue weighted by Gasteiger charge is 2.24. The van der Waals surface area contributed by atoms with Crippen LogP contribution in [0.5, 0.6) is 0 Å². The van der Waals surface area contributed by atoms with Crippen molar-refractivity contribution in [2.45, 2.75) is 39.0 Å². The lowest BCUT2D eigenvalue weighted by molar-refractivity contribution is 0.173. The van der Waals surface area contributed by atoms with Crippen LogP contribution < -0.4 is 5.32 Å². The van der Waals surface area contributed by atoms with Crippen molar-refractivity contribution in [1.82, 2.24) is 10.2 Å². The molecule has 0 radical (unpaired) electrons. The zero-order chi connectivity index (χ0) is 15.4. The van der Waals surface area contributed by atoms with Crippen LogP contribution in [0.3, 0.4) is 0 Å². The maximum Gasteiger partial charge on any atom is 0.321 e. The van der Waals surface area contributed by atoms with E-state index in [2.05, 4.69) is 42.6 Å². The van der Waals surface area contributed by atoms with Crippen LogP contribution in [-0.2, 0) is 6.42 Å². The second-order valence-electron chi connectivity index (χ2n) is 6.73. The molecule has 118 valence electrons. The molecule has 2 fully saturated rings. The predicted octanol–water partition coefficient (Wildman–Crippen LogP) is 3.96. The number of allylic oxidation sites excluding steroid dienone is 1. The zero-order valence-electron chi connectivity index (χ0n) is 13.4. The third-order valence-electron chi connectivity index (χ3n) is 4.91. The van der Waals surface area contributed by atoms with E-state index >= 15 is 0 Å². The number of carbonyl (C=O) groups excluding carboxylic acids is 1. The number of nitrogens with one attached hydrogen (secondary N) is 1. The Hall–Kier alpha value is -1.77. The molecule has 3 heteroatoms. The Morgan fingerprint density at radius 1 is 1.18 bits per heavy atom.